The first kappa shape index (κ1) is 24.9. The SMILES string of the molecule is CNC(=O)[C@H](NCC[C@@H](c1ccc(C(F)(F)F)cc1)c1ccc2nc(C)sc2c1)c1ccccc1. The van der Waals surface area contributed by atoms with E-state index in [9.17, 15) is 18.0 Å². The highest BCUT2D eigenvalue weighted by Crippen LogP contribution is 2.35. The number of fused-ring (bicyclic) bond motifs is 1. The number of carbonyl (C=O) groups is 1. The van der Waals surface area contributed by atoms with Gasteiger partial charge in [-0.1, -0.05) is 48.5 Å². The number of hydrogen-bond acceptors (Lipinski definition) is 4. The number of nitrogens with zero attached hydrogens (tertiary/aromatic N) is 1. The molecule has 2 N–H and O–H groups in total. The average Bonchev–Trinajstić information content (AvgIpc) is 3.23. The first-order valence-electron chi connectivity index (χ1n) is 11.3. The Morgan fingerprint density at radius 2 is 1.66 bits per heavy atom. The zero-order valence-electron chi connectivity index (χ0n) is 19.4. The maximum atomic E-state index is 13.1. The molecule has 1 heterocycles. The van der Waals surface area contributed by atoms with E-state index >= 15 is 0 Å². The van der Waals surface area contributed by atoms with Crippen molar-refractivity contribution in [2.75, 3.05) is 13.6 Å². The largest absolute Gasteiger partial charge is 0.416 e. The molecule has 0 bridgehead atoms. The van der Waals surface area contributed by atoms with Gasteiger partial charge >= 0.3 is 6.18 Å². The summed E-state index contributed by atoms with van der Waals surface area (Å²) < 4.78 is 40.4. The Labute approximate surface area is 206 Å². The van der Waals surface area contributed by atoms with E-state index in [2.05, 4.69) is 21.7 Å². The molecule has 0 saturated heterocycles. The van der Waals surface area contributed by atoms with Crippen molar-refractivity contribution in [1.29, 1.82) is 0 Å². The summed E-state index contributed by atoms with van der Waals surface area (Å²) in [4.78, 5) is 17.0. The molecule has 0 saturated carbocycles. The Kier molecular flexibility index (Phi) is 7.52. The Morgan fingerprint density at radius 3 is 2.31 bits per heavy atom. The standard InChI is InChI=1S/C27H26F3N3OS/c1-17-33-23-13-10-20(16-24(23)35-17)22(18-8-11-21(12-9-18)27(28,29)30)14-15-32-25(26(34)31-2)19-6-4-3-5-7-19/h3-13,16,22,25,32H,14-15H2,1-2H3,(H,31,34)/t22-,25+/m0/s1. The summed E-state index contributed by atoms with van der Waals surface area (Å²) in [7, 11) is 1.59. The van der Waals surface area contributed by atoms with E-state index in [1.807, 2.05) is 49.4 Å². The van der Waals surface area contributed by atoms with Crippen molar-refractivity contribution in [3.63, 3.8) is 0 Å². The molecule has 0 aliphatic rings. The van der Waals surface area contributed by atoms with Crippen LogP contribution in [-0.4, -0.2) is 24.5 Å². The number of thiazole rings is 1. The van der Waals surface area contributed by atoms with Crippen LogP contribution in [0.4, 0.5) is 13.2 Å². The number of nitrogens with one attached hydrogen (secondary N) is 2. The normalized spacial score (nSPS) is 13.5. The van der Waals surface area contributed by atoms with Crippen LogP contribution in [0.25, 0.3) is 10.2 Å². The van der Waals surface area contributed by atoms with Crippen molar-refractivity contribution >= 4 is 27.5 Å². The molecule has 2 atom stereocenters. The Morgan fingerprint density at radius 1 is 0.971 bits per heavy atom. The summed E-state index contributed by atoms with van der Waals surface area (Å²) in [6, 6.07) is 20.2. The van der Waals surface area contributed by atoms with Gasteiger partial charge in [-0.15, -0.1) is 11.3 Å². The van der Waals surface area contributed by atoms with Crippen LogP contribution in [0, 0.1) is 6.92 Å². The minimum atomic E-state index is -4.38. The third-order valence-corrected chi connectivity index (χ3v) is 6.92. The quantitative estimate of drug-likeness (QED) is 0.304. The lowest BCUT2D eigenvalue weighted by Crippen LogP contribution is -2.36. The van der Waals surface area contributed by atoms with Crippen molar-refractivity contribution < 1.29 is 18.0 Å². The third-order valence-electron chi connectivity index (χ3n) is 5.99. The molecule has 182 valence electrons. The van der Waals surface area contributed by atoms with E-state index in [-0.39, 0.29) is 11.8 Å². The number of likely N-dealkylation sites (N-methyl/N-ethyl adjacent to an activating group) is 1. The van der Waals surface area contributed by atoms with Crippen LogP contribution in [0.15, 0.2) is 72.8 Å². The van der Waals surface area contributed by atoms with Crippen LogP contribution in [0.1, 0.15) is 45.6 Å². The van der Waals surface area contributed by atoms with Gasteiger partial charge in [0.05, 0.1) is 20.8 Å². The number of alkyl halides is 3. The Bertz CT molecular complexity index is 1290. The van der Waals surface area contributed by atoms with Crippen LogP contribution in [0.2, 0.25) is 0 Å². The predicted molar refractivity (Wildman–Crippen MR) is 134 cm³/mol. The first-order valence-corrected chi connectivity index (χ1v) is 12.1. The van der Waals surface area contributed by atoms with Crippen molar-refractivity contribution in [3.8, 4) is 0 Å². The summed E-state index contributed by atoms with van der Waals surface area (Å²) >= 11 is 1.59. The fourth-order valence-electron chi connectivity index (χ4n) is 4.23. The van der Waals surface area contributed by atoms with Crippen molar-refractivity contribution in [3.05, 3.63) is 100 Å². The molecule has 0 spiro atoms. The lowest BCUT2D eigenvalue weighted by atomic mass is 9.87. The Balaban J connectivity index is 1.61. The van der Waals surface area contributed by atoms with Crippen LogP contribution in [-0.2, 0) is 11.0 Å². The summed E-state index contributed by atoms with van der Waals surface area (Å²) in [5.74, 6) is -0.304. The molecule has 0 aliphatic carbocycles. The molecule has 1 aromatic heterocycles. The predicted octanol–water partition coefficient (Wildman–Crippen LogP) is 6.22. The molecular weight excluding hydrogens is 471 g/mol. The lowest BCUT2D eigenvalue weighted by Gasteiger charge is -2.22. The molecule has 3 aromatic carbocycles. The molecule has 4 rings (SSSR count). The molecule has 4 aromatic rings. The molecule has 1 amide bonds. The second-order valence-corrected chi connectivity index (χ2v) is 9.57. The average molecular weight is 498 g/mol. The molecule has 4 nitrogen and oxygen atoms in total. The molecule has 0 aliphatic heterocycles. The second-order valence-electron chi connectivity index (χ2n) is 8.33. The number of carbonyl (C=O) groups excluding carboxylic acids is 1. The van der Waals surface area contributed by atoms with Gasteiger partial charge in [0.2, 0.25) is 5.91 Å². The summed E-state index contributed by atoms with van der Waals surface area (Å²) in [6.45, 7) is 2.43. The fourth-order valence-corrected chi connectivity index (χ4v) is 5.10. The van der Waals surface area contributed by atoms with Gasteiger partial charge in [0.25, 0.3) is 0 Å². The van der Waals surface area contributed by atoms with E-state index in [4.69, 9.17) is 0 Å². The van der Waals surface area contributed by atoms with Crippen LogP contribution < -0.4 is 10.6 Å². The van der Waals surface area contributed by atoms with E-state index < -0.39 is 17.8 Å². The number of hydrogen-bond donors (Lipinski definition) is 2. The van der Waals surface area contributed by atoms with Gasteiger partial charge < -0.3 is 10.6 Å². The minimum Gasteiger partial charge on any atom is -0.358 e. The molecule has 0 fully saturated rings. The van der Waals surface area contributed by atoms with Gasteiger partial charge in [0, 0.05) is 13.0 Å². The number of benzene rings is 3. The van der Waals surface area contributed by atoms with Gasteiger partial charge in [0.15, 0.2) is 0 Å². The van der Waals surface area contributed by atoms with Crippen LogP contribution in [0.5, 0.6) is 0 Å². The maximum Gasteiger partial charge on any atom is 0.416 e. The fraction of sp³-hybridized carbons (Fsp3) is 0.259. The van der Waals surface area contributed by atoms with Crippen LogP contribution in [0.3, 0.4) is 0 Å². The van der Waals surface area contributed by atoms with E-state index in [1.54, 1.807) is 30.5 Å². The highest BCUT2D eigenvalue weighted by molar-refractivity contribution is 7.18. The third kappa shape index (κ3) is 5.89. The summed E-state index contributed by atoms with van der Waals surface area (Å²) in [6.07, 6.45) is -3.79. The first-order chi connectivity index (χ1) is 16.8. The van der Waals surface area contributed by atoms with Gasteiger partial charge in [-0.3, -0.25) is 4.79 Å². The van der Waals surface area contributed by atoms with Crippen LogP contribution >= 0.6 is 11.3 Å². The van der Waals surface area contributed by atoms with E-state index in [0.29, 0.717) is 13.0 Å². The molecule has 8 heteroatoms. The van der Waals surface area contributed by atoms with Crippen molar-refractivity contribution in [2.45, 2.75) is 31.5 Å². The van der Waals surface area contributed by atoms with E-state index in [1.165, 1.54) is 0 Å². The number of aryl methyl sites for hydroxylation is 1. The molecular formula is C27H26F3N3OS. The van der Waals surface area contributed by atoms with Crippen molar-refractivity contribution in [1.82, 2.24) is 15.6 Å². The number of aromatic nitrogens is 1. The number of amides is 1. The molecule has 0 radical (unpaired) electrons. The smallest absolute Gasteiger partial charge is 0.358 e. The zero-order valence-corrected chi connectivity index (χ0v) is 20.2. The lowest BCUT2D eigenvalue weighted by molar-refractivity contribution is -0.137. The van der Waals surface area contributed by atoms with Gasteiger partial charge in [-0.05, 0) is 60.8 Å². The highest BCUT2D eigenvalue weighted by Gasteiger charge is 2.30. The number of rotatable bonds is 8. The molecule has 35 heavy (non-hydrogen) atoms. The molecule has 0 unspecified atom stereocenters. The maximum absolute atomic E-state index is 13.1. The summed E-state index contributed by atoms with van der Waals surface area (Å²) in [5, 5.41) is 6.99. The van der Waals surface area contributed by atoms with Crippen molar-refractivity contribution in [2.24, 2.45) is 0 Å². The van der Waals surface area contributed by atoms with Gasteiger partial charge in [0.1, 0.15) is 6.04 Å². The van der Waals surface area contributed by atoms with Gasteiger partial charge in [-0.2, -0.15) is 13.2 Å². The number of halogens is 3. The van der Waals surface area contributed by atoms with Gasteiger partial charge in [-0.25, -0.2) is 4.98 Å². The minimum absolute atomic E-state index is 0.149. The zero-order chi connectivity index (χ0) is 25.0. The van der Waals surface area contributed by atoms with E-state index in [0.717, 1.165) is 44.0 Å². The highest BCUT2D eigenvalue weighted by atomic mass is 32.1. The topological polar surface area (TPSA) is 54.0 Å². The monoisotopic (exact) mass is 497 g/mol. The Hall–Kier alpha value is -3.23. The second kappa shape index (κ2) is 10.6. The summed E-state index contributed by atoms with van der Waals surface area (Å²) in [5.41, 5.74) is 2.87.